The smallest absolute Gasteiger partial charge is 0.131 e. The number of ether oxygens (including phenoxy) is 1. The van der Waals surface area contributed by atoms with Crippen LogP contribution in [-0.4, -0.2) is 5.11 Å². The van der Waals surface area contributed by atoms with Crippen LogP contribution in [0.2, 0.25) is 5.02 Å². The van der Waals surface area contributed by atoms with E-state index in [1.807, 2.05) is 0 Å². The topological polar surface area (TPSA) is 29.5 Å². The first-order chi connectivity index (χ1) is 9.10. The van der Waals surface area contributed by atoms with E-state index >= 15 is 0 Å². The third-order valence-electron chi connectivity index (χ3n) is 2.59. The van der Waals surface area contributed by atoms with Crippen molar-refractivity contribution in [2.45, 2.75) is 13.2 Å². The van der Waals surface area contributed by atoms with Crippen molar-refractivity contribution < 1.29 is 14.2 Å². The molecule has 2 aromatic carbocycles. The van der Waals surface area contributed by atoms with Crippen LogP contribution >= 0.6 is 27.5 Å². The molecule has 2 aromatic rings. The van der Waals surface area contributed by atoms with Gasteiger partial charge in [0.15, 0.2) is 0 Å². The lowest BCUT2D eigenvalue weighted by atomic mass is 10.2. The minimum absolute atomic E-state index is 0.0810. The van der Waals surface area contributed by atoms with Crippen LogP contribution in [0.15, 0.2) is 40.9 Å². The molecule has 0 aromatic heterocycles. The highest BCUT2D eigenvalue weighted by Crippen LogP contribution is 2.24. The molecule has 0 fully saturated rings. The van der Waals surface area contributed by atoms with Crippen LogP contribution < -0.4 is 4.74 Å². The van der Waals surface area contributed by atoms with Gasteiger partial charge in [-0.05, 0) is 30.3 Å². The molecule has 19 heavy (non-hydrogen) atoms. The molecule has 0 radical (unpaired) electrons. The van der Waals surface area contributed by atoms with E-state index in [1.54, 1.807) is 30.3 Å². The molecular formula is C14H11BrClFO2. The predicted octanol–water partition coefficient (Wildman–Crippen LogP) is 4.31. The SMILES string of the molecule is OCc1cc(Br)ccc1OCc1ccc(Cl)cc1F. The molecule has 2 rings (SSSR count). The van der Waals surface area contributed by atoms with E-state index in [1.165, 1.54) is 6.07 Å². The highest BCUT2D eigenvalue weighted by molar-refractivity contribution is 9.10. The Bertz CT molecular complexity index is 590. The Morgan fingerprint density at radius 3 is 2.63 bits per heavy atom. The van der Waals surface area contributed by atoms with E-state index in [4.69, 9.17) is 16.3 Å². The van der Waals surface area contributed by atoms with Crippen molar-refractivity contribution in [2.24, 2.45) is 0 Å². The lowest BCUT2D eigenvalue weighted by molar-refractivity contribution is 0.257. The molecule has 2 nitrogen and oxygen atoms in total. The summed E-state index contributed by atoms with van der Waals surface area (Å²) in [5, 5.41) is 9.59. The zero-order valence-corrected chi connectivity index (χ0v) is 12.2. The first-order valence-electron chi connectivity index (χ1n) is 5.56. The van der Waals surface area contributed by atoms with Gasteiger partial charge < -0.3 is 9.84 Å². The van der Waals surface area contributed by atoms with Crippen molar-refractivity contribution in [3.8, 4) is 5.75 Å². The van der Waals surface area contributed by atoms with Crippen molar-refractivity contribution in [2.75, 3.05) is 0 Å². The van der Waals surface area contributed by atoms with Gasteiger partial charge in [-0.15, -0.1) is 0 Å². The number of hydrogen-bond donors (Lipinski definition) is 1. The molecule has 0 aliphatic rings. The third kappa shape index (κ3) is 3.69. The second-order valence-electron chi connectivity index (χ2n) is 3.93. The molecule has 0 amide bonds. The Labute approximate surface area is 123 Å². The summed E-state index contributed by atoms with van der Waals surface area (Å²) >= 11 is 8.99. The quantitative estimate of drug-likeness (QED) is 0.894. The number of aliphatic hydroxyl groups excluding tert-OH is 1. The molecule has 0 saturated heterocycles. The normalized spacial score (nSPS) is 10.5. The highest BCUT2D eigenvalue weighted by atomic mass is 79.9. The van der Waals surface area contributed by atoms with Crippen molar-refractivity contribution in [3.63, 3.8) is 0 Å². The molecule has 1 N–H and O–H groups in total. The van der Waals surface area contributed by atoms with E-state index in [0.717, 1.165) is 4.47 Å². The fourth-order valence-electron chi connectivity index (χ4n) is 1.61. The Balaban J connectivity index is 2.14. The van der Waals surface area contributed by atoms with Gasteiger partial charge in [-0.1, -0.05) is 33.6 Å². The van der Waals surface area contributed by atoms with Gasteiger partial charge in [-0.3, -0.25) is 0 Å². The summed E-state index contributed by atoms with van der Waals surface area (Å²) in [6, 6.07) is 9.71. The Morgan fingerprint density at radius 2 is 1.95 bits per heavy atom. The first kappa shape index (κ1) is 14.3. The number of rotatable bonds is 4. The molecule has 0 heterocycles. The zero-order chi connectivity index (χ0) is 13.8. The van der Waals surface area contributed by atoms with E-state index in [-0.39, 0.29) is 13.2 Å². The van der Waals surface area contributed by atoms with Crippen molar-refractivity contribution in [1.29, 1.82) is 0 Å². The molecular weight excluding hydrogens is 335 g/mol. The summed E-state index contributed by atoms with van der Waals surface area (Å²) in [7, 11) is 0. The lowest BCUT2D eigenvalue weighted by Gasteiger charge is -2.11. The van der Waals surface area contributed by atoms with Gasteiger partial charge in [0.1, 0.15) is 18.2 Å². The standard InChI is InChI=1S/C14H11BrClFO2/c15-11-2-4-14(10(5-11)7-18)19-8-9-1-3-12(16)6-13(9)17/h1-6,18H,7-8H2. The van der Waals surface area contributed by atoms with Crippen LogP contribution in [0.3, 0.4) is 0 Å². The highest BCUT2D eigenvalue weighted by Gasteiger charge is 2.07. The lowest BCUT2D eigenvalue weighted by Crippen LogP contribution is -2.01. The summed E-state index contributed by atoms with van der Waals surface area (Å²) < 4.78 is 20.0. The maximum absolute atomic E-state index is 13.6. The van der Waals surface area contributed by atoms with Crippen molar-refractivity contribution >= 4 is 27.5 Å². The van der Waals surface area contributed by atoms with Gasteiger partial charge in [-0.25, -0.2) is 4.39 Å². The maximum atomic E-state index is 13.6. The number of aliphatic hydroxyl groups is 1. The third-order valence-corrected chi connectivity index (χ3v) is 3.32. The van der Waals surface area contributed by atoms with Gasteiger partial charge in [0.25, 0.3) is 0 Å². The maximum Gasteiger partial charge on any atom is 0.131 e. The second-order valence-corrected chi connectivity index (χ2v) is 5.29. The largest absolute Gasteiger partial charge is 0.488 e. The van der Waals surface area contributed by atoms with Gasteiger partial charge >= 0.3 is 0 Å². The molecule has 100 valence electrons. The van der Waals surface area contributed by atoms with Crippen molar-refractivity contribution in [3.05, 3.63) is 62.8 Å². The number of benzene rings is 2. The van der Waals surface area contributed by atoms with E-state index < -0.39 is 5.82 Å². The fourth-order valence-corrected chi connectivity index (χ4v) is 2.17. The van der Waals surface area contributed by atoms with Gasteiger partial charge in [0.05, 0.1) is 6.61 Å². The molecule has 0 unspecified atom stereocenters. The van der Waals surface area contributed by atoms with Crippen molar-refractivity contribution in [1.82, 2.24) is 0 Å². The first-order valence-corrected chi connectivity index (χ1v) is 6.73. The van der Waals surface area contributed by atoms with Crippen LogP contribution in [0.4, 0.5) is 4.39 Å². The molecule has 0 aliphatic carbocycles. The molecule has 0 spiro atoms. The van der Waals surface area contributed by atoms with Crippen LogP contribution in [-0.2, 0) is 13.2 Å². The average Bonchev–Trinajstić information content (AvgIpc) is 2.39. The Kier molecular flexibility index (Phi) is 4.80. The number of hydrogen-bond acceptors (Lipinski definition) is 2. The van der Waals surface area contributed by atoms with E-state index in [9.17, 15) is 9.50 Å². The summed E-state index contributed by atoms with van der Waals surface area (Å²) in [4.78, 5) is 0. The molecule has 0 bridgehead atoms. The summed E-state index contributed by atoms with van der Waals surface area (Å²) in [6.07, 6.45) is 0. The second kappa shape index (κ2) is 6.37. The van der Waals surface area contributed by atoms with Crippen LogP contribution in [0, 0.1) is 5.82 Å². The summed E-state index contributed by atoms with van der Waals surface area (Å²) in [6.45, 7) is -0.0600. The van der Waals surface area contributed by atoms with Crippen LogP contribution in [0.25, 0.3) is 0 Å². The number of halogens is 3. The molecule has 0 atom stereocenters. The Morgan fingerprint density at radius 1 is 1.16 bits per heavy atom. The zero-order valence-electron chi connectivity index (χ0n) is 9.87. The minimum atomic E-state index is -0.407. The van der Waals surface area contributed by atoms with Gasteiger partial charge in [0, 0.05) is 20.6 Å². The monoisotopic (exact) mass is 344 g/mol. The fraction of sp³-hybridized carbons (Fsp3) is 0.143. The van der Waals surface area contributed by atoms with Gasteiger partial charge in [0.2, 0.25) is 0 Å². The van der Waals surface area contributed by atoms with Crippen LogP contribution in [0.5, 0.6) is 5.75 Å². The van der Waals surface area contributed by atoms with Crippen LogP contribution in [0.1, 0.15) is 11.1 Å². The molecule has 0 aliphatic heterocycles. The molecule has 5 heteroatoms. The Hall–Kier alpha value is -1.10. The average molecular weight is 346 g/mol. The minimum Gasteiger partial charge on any atom is -0.488 e. The predicted molar refractivity (Wildman–Crippen MR) is 75.8 cm³/mol. The molecule has 0 saturated carbocycles. The summed E-state index contributed by atoms with van der Waals surface area (Å²) in [5.74, 6) is 0.121. The van der Waals surface area contributed by atoms with Gasteiger partial charge in [-0.2, -0.15) is 0 Å². The van der Waals surface area contributed by atoms with E-state index in [2.05, 4.69) is 15.9 Å². The summed E-state index contributed by atoms with van der Waals surface area (Å²) in [5.41, 5.74) is 1.06. The van der Waals surface area contributed by atoms with E-state index in [0.29, 0.717) is 21.9 Å².